The van der Waals surface area contributed by atoms with E-state index >= 15 is 0 Å². The third-order valence-corrected chi connectivity index (χ3v) is 4.73. The van der Waals surface area contributed by atoms with Crippen molar-refractivity contribution in [3.63, 3.8) is 0 Å². The van der Waals surface area contributed by atoms with Crippen LogP contribution in [0.2, 0.25) is 0 Å². The largest absolute Gasteiger partial charge is 0.334 e. The topological polar surface area (TPSA) is 71.0 Å². The molecule has 4 rings (SSSR count). The fourth-order valence-corrected chi connectivity index (χ4v) is 3.24. The number of aryl methyl sites for hydroxylation is 1. The Morgan fingerprint density at radius 2 is 1.86 bits per heavy atom. The van der Waals surface area contributed by atoms with E-state index in [2.05, 4.69) is 9.97 Å². The summed E-state index contributed by atoms with van der Waals surface area (Å²) in [6.45, 7) is 2.22. The molecule has 0 atom stereocenters. The number of para-hydroxylation sites is 1. The van der Waals surface area contributed by atoms with Crippen LogP contribution in [0.3, 0.4) is 0 Å². The van der Waals surface area contributed by atoms with Crippen LogP contribution in [0.25, 0.3) is 16.6 Å². The summed E-state index contributed by atoms with van der Waals surface area (Å²) in [6, 6.07) is 16.7. The number of carbonyl (C=O) groups excluding carboxylic acids is 1. The number of fused-ring (bicyclic) bond motifs is 1. The highest BCUT2D eigenvalue weighted by atomic mass is 16.2. The first-order valence-electron chi connectivity index (χ1n) is 9.00. The monoisotopic (exact) mass is 372 g/mol. The second-order valence-corrected chi connectivity index (χ2v) is 6.78. The minimum absolute atomic E-state index is 0.135. The van der Waals surface area contributed by atoms with Gasteiger partial charge in [0.15, 0.2) is 0 Å². The van der Waals surface area contributed by atoms with Crippen LogP contribution in [-0.4, -0.2) is 32.4 Å². The van der Waals surface area contributed by atoms with Gasteiger partial charge in [-0.1, -0.05) is 18.2 Å². The molecule has 2 aromatic heterocycles. The number of carbonyl (C=O) groups is 1. The molecule has 0 fully saturated rings. The number of amides is 1. The number of nitrogens with zero attached hydrogens (tertiary/aromatic N) is 3. The normalized spacial score (nSPS) is 10.9. The SMILES string of the molecule is Cc1ccc(C(=O)N(C)Cc2nc3ccccc3c(=O)[nH]2)cc1-n1cccc1. The predicted octanol–water partition coefficient (Wildman–Crippen LogP) is 3.29. The number of aromatic nitrogens is 3. The van der Waals surface area contributed by atoms with Crippen molar-refractivity contribution in [2.24, 2.45) is 0 Å². The lowest BCUT2D eigenvalue weighted by molar-refractivity contribution is 0.0781. The molecule has 0 saturated heterocycles. The molecule has 0 bridgehead atoms. The first kappa shape index (κ1) is 17.7. The first-order valence-corrected chi connectivity index (χ1v) is 9.00. The summed E-state index contributed by atoms with van der Waals surface area (Å²) in [6.07, 6.45) is 3.90. The van der Waals surface area contributed by atoms with E-state index in [-0.39, 0.29) is 18.0 Å². The highest BCUT2D eigenvalue weighted by Crippen LogP contribution is 2.18. The molecule has 0 aliphatic rings. The van der Waals surface area contributed by atoms with Gasteiger partial charge in [-0.2, -0.15) is 0 Å². The fourth-order valence-electron chi connectivity index (χ4n) is 3.24. The summed E-state index contributed by atoms with van der Waals surface area (Å²) in [5, 5.41) is 0.537. The predicted molar refractivity (Wildman–Crippen MR) is 109 cm³/mol. The van der Waals surface area contributed by atoms with Crippen molar-refractivity contribution >= 4 is 16.8 Å². The molecule has 4 aromatic rings. The van der Waals surface area contributed by atoms with Gasteiger partial charge in [0.05, 0.1) is 17.4 Å². The quantitative estimate of drug-likeness (QED) is 0.597. The first-order chi connectivity index (χ1) is 13.5. The standard InChI is InChI=1S/C22H20N4O2/c1-15-9-10-16(13-19(15)26-11-5-6-12-26)22(28)25(2)14-20-23-18-8-4-3-7-17(18)21(27)24-20/h3-13H,14H2,1-2H3,(H,23,24,27). The third kappa shape index (κ3) is 3.32. The van der Waals surface area contributed by atoms with E-state index in [1.807, 2.05) is 60.3 Å². The zero-order valence-corrected chi connectivity index (χ0v) is 15.7. The van der Waals surface area contributed by atoms with E-state index in [1.165, 1.54) is 0 Å². The summed E-state index contributed by atoms with van der Waals surface area (Å²) in [5.41, 5.74) is 3.04. The molecule has 2 heterocycles. The zero-order chi connectivity index (χ0) is 19.7. The molecular weight excluding hydrogens is 352 g/mol. The van der Waals surface area contributed by atoms with Crippen LogP contribution in [0.1, 0.15) is 21.7 Å². The lowest BCUT2D eigenvalue weighted by atomic mass is 10.1. The Labute approximate surface area is 162 Å². The second kappa shape index (κ2) is 7.15. The smallest absolute Gasteiger partial charge is 0.258 e. The molecule has 0 spiro atoms. The van der Waals surface area contributed by atoms with Gasteiger partial charge in [-0.25, -0.2) is 4.98 Å². The zero-order valence-electron chi connectivity index (χ0n) is 15.7. The molecule has 0 radical (unpaired) electrons. The van der Waals surface area contributed by atoms with Crippen molar-refractivity contribution in [3.05, 3.63) is 94.3 Å². The minimum Gasteiger partial charge on any atom is -0.334 e. The summed E-state index contributed by atoms with van der Waals surface area (Å²) in [4.78, 5) is 33.9. The highest BCUT2D eigenvalue weighted by Gasteiger charge is 2.15. The molecule has 2 aromatic carbocycles. The van der Waals surface area contributed by atoms with Gasteiger partial charge in [0.2, 0.25) is 0 Å². The Morgan fingerprint density at radius 1 is 1.11 bits per heavy atom. The summed E-state index contributed by atoms with van der Waals surface area (Å²) in [5.74, 6) is 0.321. The van der Waals surface area contributed by atoms with Crippen LogP contribution in [0.5, 0.6) is 0 Å². The van der Waals surface area contributed by atoms with E-state index in [9.17, 15) is 9.59 Å². The number of hydrogen-bond acceptors (Lipinski definition) is 3. The van der Waals surface area contributed by atoms with Gasteiger partial charge < -0.3 is 14.5 Å². The summed E-state index contributed by atoms with van der Waals surface area (Å²) < 4.78 is 1.98. The van der Waals surface area contributed by atoms with E-state index in [0.717, 1.165) is 11.3 Å². The van der Waals surface area contributed by atoms with Gasteiger partial charge in [-0.15, -0.1) is 0 Å². The molecule has 0 saturated carbocycles. The molecule has 6 nitrogen and oxygen atoms in total. The van der Waals surface area contributed by atoms with Crippen molar-refractivity contribution in [3.8, 4) is 5.69 Å². The minimum atomic E-state index is -0.202. The highest BCUT2D eigenvalue weighted by molar-refractivity contribution is 5.94. The summed E-state index contributed by atoms with van der Waals surface area (Å²) in [7, 11) is 1.70. The summed E-state index contributed by atoms with van der Waals surface area (Å²) >= 11 is 0. The molecule has 28 heavy (non-hydrogen) atoms. The number of benzene rings is 2. The van der Waals surface area contributed by atoms with Crippen LogP contribution < -0.4 is 5.56 Å². The molecule has 6 heteroatoms. The van der Waals surface area contributed by atoms with Gasteiger partial charge in [0, 0.05) is 30.7 Å². The van der Waals surface area contributed by atoms with E-state index < -0.39 is 0 Å². The van der Waals surface area contributed by atoms with Crippen molar-refractivity contribution in [2.45, 2.75) is 13.5 Å². The molecule has 0 unspecified atom stereocenters. The number of H-pyrrole nitrogens is 1. The molecule has 140 valence electrons. The molecule has 1 amide bonds. The van der Waals surface area contributed by atoms with Gasteiger partial charge in [-0.3, -0.25) is 9.59 Å². The Morgan fingerprint density at radius 3 is 2.64 bits per heavy atom. The van der Waals surface area contributed by atoms with Gasteiger partial charge in [0.25, 0.3) is 11.5 Å². The van der Waals surface area contributed by atoms with Crippen LogP contribution in [0.15, 0.2) is 71.8 Å². The van der Waals surface area contributed by atoms with Crippen LogP contribution >= 0.6 is 0 Å². The molecule has 0 aliphatic heterocycles. The Hall–Kier alpha value is -3.67. The average Bonchev–Trinajstić information content (AvgIpc) is 3.22. The van der Waals surface area contributed by atoms with Crippen molar-refractivity contribution in [2.75, 3.05) is 7.05 Å². The Kier molecular flexibility index (Phi) is 4.53. The lowest BCUT2D eigenvalue weighted by Crippen LogP contribution is -2.28. The number of aromatic amines is 1. The maximum absolute atomic E-state index is 12.9. The molecule has 1 N–H and O–H groups in total. The van der Waals surface area contributed by atoms with Gasteiger partial charge >= 0.3 is 0 Å². The third-order valence-electron chi connectivity index (χ3n) is 4.73. The average molecular weight is 372 g/mol. The Bertz CT molecular complexity index is 1210. The Balaban J connectivity index is 1.61. The number of rotatable bonds is 4. The van der Waals surface area contributed by atoms with E-state index in [4.69, 9.17) is 0 Å². The van der Waals surface area contributed by atoms with E-state index in [1.54, 1.807) is 30.1 Å². The van der Waals surface area contributed by atoms with Crippen molar-refractivity contribution in [1.82, 2.24) is 19.4 Å². The fraction of sp³-hybridized carbons (Fsp3) is 0.136. The lowest BCUT2D eigenvalue weighted by Gasteiger charge is -2.18. The van der Waals surface area contributed by atoms with Crippen LogP contribution in [-0.2, 0) is 6.54 Å². The maximum Gasteiger partial charge on any atom is 0.258 e. The number of hydrogen-bond donors (Lipinski definition) is 1. The van der Waals surface area contributed by atoms with Crippen LogP contribution in [0, 0.1) is 6.92 Å². The van der Waals surface area contributed by atoms with Crippen LogP contribution in [0.4, 0.5) is 0 Å². The van der Waals surface area contributed by atoms with E-state index in [0.29, 0.717) is 22.3 Å². The van der Waals surface area contributed by atoms with Gasteiger partial charge in [0.1, 0.15) is 5.82 Å². The van der Waals surface area contributed by atoms with Crippen molar-refractivity contribution < 1.29 is 4.79 Å². The van der Waals surface area contributed by atoms with Gasteiger partial charge in [-0.05, 0) is 48.9 Å². The molecular formula is C22H20N4O2. The molecule has 0 aliphatic carbocycles. The van der Waals surface area contributed by atoms with Crippen molar-refractivity contribution in [1.29, 1.82) is 0 Å². The maximum atomic E-state index is 12.9. The second-order valence-electron chi connectivity index (χ2n) is 6.78. The number of nitrogens with one attached hydrogen (secondary N) is 1.